The summed E-state index contributed by atoms with van der Waals surface area (Å²) in [7, 11) is 0. The summed E-state index contributed by atoms with van der Waals surface area (Å²) in [5, 5.41) is 4.99. The molecule has 8 nitrogen and oxygen atoms in total. The topological polar surface area (TPSA) is 129 Å². The molecule has 0 amide bonds. The molecular formula is C34H30N8. The van der Waals surface area contributed by atoms with Crippen molar-refractivity contribution in [2.45, 2.75) is 13.3 Å². The zero-order chi connectivity index (χ0) is 29.2. The number of H-pyrrole nitrogens is 1. The summed E-state index contributed by atoms with van der Waals surface area (Å²) in [6, 6.07) is 23.3. The first-order chi connectivity index (χ1) is 20.4. The first kappa shape index (κ1) is 26.5. The van der Waals surface area contributed by atoms with Gasteiger partial charge in [0.15, 0.2) is 5.84 Å². The van der Waals surface area contributed by atoms with Crippen molar-refractivity contribution in [3.05, 3.63) is 138 Å². The normalized spacial score (nSPS) is 16.8. The lowest BCUT2D eigenvalue weighted by atomic mass is 10.0. The molecule has 0 aliphatic carbocycles. The molecule has 3 aromatic carbocycles. The van der Waals surface area contributed by atoms with Crippen LogP contribution in [0, 0.1) is 0 Å². The fourth-order valence-corrected chi connectivity index (χ4v) is 4.96. The molecule has 4 aromatic rings. The number of rotatable bonds is 7. The minimum absolute atomic E-state index is 0.317. The van der Waals surface area contributed by atoms with Gasteiger partial charge in [-0.3, -0.25) is 0 Å². The number of aromatic nitrogens is 1. The summed E-state index contributed by atoms with van der Waals surface area (Å²) >= 11 is 0. The lowest BCUT2D eigenvalue weighted by Crippen LogP contribution is -2.17. The number of nitrogens with zero attached hydrogens (tertiary/aromatic N) is 4. The summed E-state index contributed by atoms with van der Waals surface area (Å²) in [5.74, 6) is 3.21. The van der Waals surface area contributed by atoms with E-state index in [4.69, 9.17) is 26.4 Å². The van der Waals surface area contributed by atoms with Crippen LogP contribution in [0.4, 0.5) is 11.6 Å². The van der Waals surface area contributed by atoms with E-state index in [-0.39, 0.29) is 0 Å². The zero-order valence-corrected chi connectivity index (χ0v) is 23.2. The van der Waals surface area contributed by atoms with E-state index in [1.807, 2.05) is 84.9 Å². The minimum Gasteiger partial charge on any atom is -0.383 e. The fraction of sp³-hybridized carbons (Fsp3) is 0.0588. The molecule has 0 bridgehead atoms. The number of allylic oxidation sites excluding steroid dienone is 2. The van der Waals surface area contributed by atoms with Gasteiger partial charge < -0.3 is 21.8 Å². The molecule has 0 radical (unpaired) electrons. The maximum absolute atomic E-state index is 6.65. The van der Waals surface area contributed by atoms with Crippen LogP contribution < -0.4 is 16.8 Å². The highest BCUT2D eigenvalue weighted by atomic mass is 15.1. The Kier molecular flexibility index (Phi) is 6.94. The summed E-state index contributed by atoms with van der Waals surface area (Å²) in [4.78, 5) is 22.3. The minimum atomic E-state index is 0.317. The van der Waals surface area contributed by atoms with Gasteiger partial charge in [-0.15, -0.1) is 0 Å². The third-order valence-corrected chi connectivity index (χ3v) is 6.97. The van der Waals surface area contributed by atoms with Gasteiger partial charge in [0.25, 0.3) is 0 Å². The molecule has 2 aliphatic rings. The molecule has 42 heavy (non-hydrogen) atoms. The Bertz CT molecular complexity index is 1940. The summed E-state index contributed by atoms with van der Waals surface area (Å²) in [6.45, 7) is 10.3. The van der Waals surface area contributed by atoms with Gasteiger partial charge in [-0.2, -0.15) is 0 Å². The quantitative estimate of drug-likeness (QED) is 0.157. The predicted octanol–water partition coefficient (Wildman–Crippen LogP) is 6.38. The highest BCUT2D eigenvalue weighted by Crippen LogP contribution is 2.35. The SMILES string of the molecule is C=C1C=C(/C=C\CC)C(=NC(=C)c2ccccc2C(N)=Nc2[nH]c(N=C3N=C(N)c4ccccc43)c3ccccc23)N1. The van der Waals surface area contributed by atoms with Crippen molar-refractivity contribution in [2.24, 2.45) is 31.4 Å². The Morgan fingerprint density at radius 1 is 0.929 bits per heavy atom. The summed E-state index contributed by atoms with van der Waals surface area (Å²) in [6.07, 6.45) is 6.99. The van der Waals surface area contributed by atoms with Crippen LogP contribution in [0.3, 0.4) is 0 Å². The van der Waals surface area contributed by atoms with Crippen molar-refractivity contribution < 1.29 is 0 Å². The van der Waals surface area contributed by atoms with E-state index in [9.17, 15) is 0 Å². The van der Waals surface area contributed by atoms with Crippen LogP contribution >= 0.6 is 0 Å². The van der Waals surface area contributed by atoms with Crippen molar-refractivity contribution in [1.82, 2.24) is 10.3 Å². The summed E-state index contributed by atoms with van der Waals surface area (Å²) in [5.41, 5.74) is 18.3. The van der Waals surface area contributed by atoms with Crippen LogP contribution in [0.1, 0.15) is 35.6 Å². The second kappa shape index (κ2) is 11.0. The zero-order valence-electron chi connectivity index (χ0n) is 23.2. The molecule has 0 atom stereocenters. The fourth-order valence-electron chi connectivity index (χ4n) is 4.96. The average molecular weight is 551 g/mol. The number of nitrogens with one attached hydrogen (secondary N) is 2. The molecule has 6 N–H and O–H groups in total. The van der Waals surface area contributed by atoms with Crippen LogP contribution in [-0.2, 0) is 0 Å². The number of fused-ring (bicyclic) bond motifs is 2. The van der Waals surface area contributed by atoms with E-state index in [0.717, 1.165) is 45.2 Å². The van der Waals surface area contributed by atoms with Crippen LogP contribution in [0.5, 0.6) is 0 Å². The second-order valence-electron chi connectivity index (χ2n) is 9.86. The van der Waals surface area contributed by atoms with Crippen molar-refractivity contribution >= 4 is 51.4 Å². The van der Waals surface area contributed by atoms with E-state index in [0.29, 0.717) is 46.2 Å². The average Bonchev–Trinajstić information content (AvgIpc) is 3.64. The van der Waals surface area contributed by atoms with E-state index in [1.54, 1.807) is 0 Å². The molecule has 6 rings (SSSR count). The second-order valence-corrected chi connectivity index (χ2v) is 9.86. The third kappa shape index (κ3) is 4.97. The standard InChI is InChI=1S/C34H30N8/c1-4-5-12-22-19-20(2)37-31(22)38-21(3)23-13-6-7-14-24(23)29(35)39-33-27-17-10-11-18-28(27)34(42-33)41-32-26-16-9-8-15-25(26)30(36)40-32/h5-19,42H,2-4H2,1H3,(H2,35,39)(H,37,38)(H2,36,40,41)/b12-5-. The molecule has 3 heterocycles. The number of hydrogen-bond acceptors (Lipinski definition) is 4. The van der Waals surface area contributed by atoms with Crippen LogP contribution in [0.2, 0.25) is 0 Å². The van der Waals surface area contributed by atoms with Gasteiger partial charge in [0.2, 0.25) is 0 Å². The van der Waals surface area contributed by atoms with Gasteiger partial charge in [-0.1, -0.05) is 105 Å². The number of aromatic amines is 1. The van der Waals surface area contributed by atoms with Gasteiger partial charge in [0, 0.05) is 44.3 Å². The highest BCUT2D eigenvalue weighted by Gasteiger charge is 2.20. The van der Waals surface area contributed by atoms with Gasteiger partial charge in [-0.05, 0) is 12.5 Å². The molecule has 0 spiro atoms. The monoisotopic (exact) mass is 550 g/mol. The van der Waals surface area contributed by atoms with E-state index in [2.05, 4.69) is 41.5 Å². The maximum Gasteiger partial charge on any atom is 0.164 e. The van der Waals surface area contributed by atoms with Crippen molar-refractivity contribution in [3.8, 4) is 0 Å². The first-order valence-electron chi connectivity index (χ1n) is 13.6. The van der Waals surface area contributed by atoms with E-state index >= 15 is 0 Å². The Hall–Kier alpha value is -5.76. The summed E-state index contributed by atoms with van der Waals surface area (Å²) < 4.78 is 0. The Morgan fingerprint density at radius 3 is 2.36 bits per heavy atom. The van der Waals surface area contributed by atoms with E-state index < -0.39 is 0 Å². The van der Waals surface area contributed by atoms with Gasteiger partial charge in [0.05, 0.1) is 5.70 Å². The molecule has 0 saturated carbocycles. The largest absolute Gasteiger partial charge is 0.383 e. The number of amidine groups is 4. The molecule has 0 unspecified atom stereocenters. The van der Waals surface area contributed by atoms with E-state index in [1.165, 1.54) is 0 Å². The van der Waals surface area contributed by atoms with Gasteiger partial charge in [-0.25, -0.2) is 20.0 Å². The molecule has 206 valence electrons. The Balaban J connectivity index is 1.38. The molecule has 2 aliphatic heterocycles. The Morgan fingerprint density at radius 2 is 1.60 bits per heavy atom. The Labute approximate surface area is 244 Å². The first-order valence-corrected chi connectivity index (χ1v) is 13.6. The molecule has 0 fully saturated rings. The molecule has 1 aromatic heterocycles. The lowest BCUT2D eigenvalue weighted by molar-refractivity contribution is 1.21. The smallest absolute Gasteiger partial charge is 0.164 e. The van der Waals surface area contributed by atoms with Crippen LogP contribution in [0.25, 0.3) is 16.5 Å². The van der Waals surface area contributed by atoms with Crippen molar-refractivity contribution in [1.29, 1.82) is 0 Å². The maximum atomic E-state index is 6.65. The number of nitrogens with two attached hydrogens (primary N) is 2. The third-order valence-electron chi connectivity index (χ3n) is 6.97. The van der Waals surface area contributed by atoms with Gasteiger partial charge >= 0.3 is 0 Å². The lowest BCUT2D eigenvalue weighted by Gasteiger charge is -2.10. The highest BCUT2D eigenvalue weighted by molar-refractivity contribution is 6.22. The van der Waals surface area contributed by atoms with Crippen LogP contribution in [-0.4, -0.2) is 28.3 Å². The number of aliphatic imine (C=N–C) groups is 4. The molecule has 0 saturated heterocycles. The predicted molar refractivity (Wildman–Crippen MR) is 175 cm³/mol. The van der Waals surface area contributed by atoms with Crippen molar-refractivity contribution in [3.63, 3.8) is 0 Å². The number of hydrogen-bond donors (Lipinski definition) is 4. The molecule has 8 heteroatoms. The number of benzene rings is 3. The van der Waals surface area contributed by atoms with Gasteiger partial charge in [0.1, 0.15) is 29.1 Å². The van der Waals surface area contributed by atoms with Crippen LogP contribution in [0.15, 0.2) is 135 Å². The molecular weight excluding hydrogens is 520 g/mol. The van der Waals surface area contributed by atoms with Crippen molar-refractivity contribution in [2.75, 3.05) is 0 Å².